The van der Waals surface area contributed by atoms with E-state index < -0.39 is 0 Å². The Morgan fingerprint density at radius 1 is 1.16 bits per heavy atom. The highest BCUT2D eigenvalue weighted by Gasteiger charge is 2.26. The van der Waals surface area contributed by atoms with Crippen LogP contribution >= 0.6 is 0 Å². The molecule has 32 heavy (non-hydrogen) atoms. The minimum atomic E-state index is 0.440. The summed E-state index contributed by atoms with van der Waals surface area (Å²) in [6, 6.07) is 16.9. The summed E-state index contributed by atoms with van der Waals surface area (Å²) >= 11 is 0. The lowest BCUT2D eigenvalue weighted by Crippen LogP contribution is -2.17. The van der Waals surface area contributed by atoms with Gasteiger partial charge < -0.3 is 14.6 Å². The summed E-state index contributed by atoms with van der Waals surface area (Å²) in [5.41, 5.74) is 5.42. The highest BCUT2D eigenvalue weighted by molar-refractivity contribution is 5.86. The molecule has 0 spiro atoms. The van der Waals surface area contributed by atoms with Crippen LogP contribution < -0.4 is 10.1 Å². The molecule has 1 fully saturated rings. The van der Waals surface area contributed by atoms with Crippen LogP contribution in [-0.2, 0) is 13.5 Å². The molecule has 0 radical (unpaired) electrons. The molecule has 2 aromatic carbocycles. The maximum Gasteiger partial charge on any atom is 0.127 e. The molecule has 162 valence electrons. The Kier molecular flexibility index (Phi) is 5.22. The van der Waals surface area contributed by atoms with Gasteiger partial charge in [-0.1, -0.05) is 6.07 Å². The molecule has 0 aliphatic heterocycles. The van der Waals surface area contributed by atoms with Gasteiger partial charge in [-0.25, -0.2) is 4.98 Å². The van der Waals surface area contributed by atoms with Crippen molar-refractivity contribution in [1.82, 2.24) is 9.55 Å². The molecule has 1 saturated carbocycles. The van der Waals surface area contributed by atoms with E-state index >= 15 is 0 Å². The molecule has 0 bridgehead atoms. The van der Waals surface area contributed by atoms with Crippen molar-refractivity contribution < 1.29 is 4.74 Å². The normalized spacial score (nSPS) is 18.2. The van der Waals surface area contributed by atoms with Gasteiger partial charge in [0.25, 0.3) is 0 Å². The van der Waals surface area contributed by atoms with Gasteiger partial charge in [-0.2, -0.15) is 5.26 Å². The molecule has 2 atom stereocenters. The number of benzene rings is 2. The lowest BCUT2D eigenvalue weighted by Gasteiger charge is -2.16. The molecule has 1 aliphatic rings. The van der Waals surface area contributed by atoms with Crippen LogP contribution in [0, 0.1) is 24.2 Å². The molecule has 2 aromatic heterocycles. The van der Waals surface area contributed by atoms with Crippen LogP contribution in [0.5, 0.6) is 5.75 Å². The van der Waals surface area contributed by atoms with E-state index in [4.69, 9.17) is 9.72 Å². The number of pyridine rings is 1. The van der Waals surface area contributed by atoms with E-state index in [2.05, 4.69) is 54.3 Å². The van der Waals surface area contributed by atoms with E-state index in [0.717, 1.165) is 47.2 Å². The summed E-state index contributed by atoms with van der Waals surface area (Å²) in [6.45, 7) is 2.14. The number of methoxy groups -OCH3 is 1. The van der Waals surface area contributed by atoms with Gasteiger partial charge in [-0.15, -0.1) is 0 Å². The molecule has 0 saturated heterocycles. The number of ether oxygens (including phenoxy) is 1. The first kappa shape index (κ1) is 20.4. The number of nitrogens with zero attached hydrogens (tertiary/aromatic N) is 3. The minimum absolute atomic E-state index is 0.440. The monoisotopic (exact) mass is 424 g/mol. The van der Waals surface area contributed by atoms with Gasteiger partial charge in [0.05, 0.1) is 24.3 Å². The predicted molar refractivity (Wildman–Crippen MR) is 129 cm³/mol. The first-order chi connectivity index (χ1) is 15.5. The molecule has 0 amide bonds. The average Bonchev–Trinajstić information content (AvgIpc) is 3.36. The fourth-order valence-electron chi connectivity index (χ4n) is 5.19. The van der Waals surface area contributed by atoms with E-state index in [-0.39, 0.29) is 0 Å². The largest absolute Gasteiger partial charge is 0.497 e. The number of hydrogen-bond donors (Lipinski definition) is 1. The van der Waals surface area contributed by atoms with E-state index in [0.29, 0.717) is 17.5 Å². The van der Waals surface area contributed by atoms with Gasteiger partial charge in [0, 0.05) is 41.6 Å². The molecule has 1 N–H and O–H groups in total. The Morgan fingerprint density at radius 2 is 2.00 bits per heavy atom. The minimum Gasteiger partial charge on any atom is -0.497 e. The summed E-state index contributed by atoms with van der Waals surface area (Å²) in [5, 5.41) is 15.3. The number of aromatic nitrogens is 2. The Balaban J connectivity index is 1.30. The predicted octanol–water partition coefficient (Wildman–Crippen LogP) is 5.74. The first-order valence-electron chi connectivity index (χ1n) is 11.2. The number of aryl methyl sites for hydroxylation is 2. The lowest BCUT2D eigenvalue weighted by molar-refractivity contribution is 0.415. The zero-order chi connectivity index (χ0) is 22.2. The third-order valence-corrected chi connectivity index (χ3v) is 6.83. The van der Waals surface area contributed by atoms with Crippen molar-refractivity contribution in [1.29, 1.82) is 5.26 Å². The summed E-state index contributed by atoms with van der Waals surface area (Å²) in [5.74, 6) is 2.43. The molecular formula is C27H28N4O. The number of nitriles is 1. The summed E-state index contributed by atoms with van der Waals surface area (Å²) in [6.07, 6.45) is 6.82. The quantitative estimate of drug-likeness (QED) is 0.444. The third kappa shape index (κ3) is 3.78. The molecule has 5 rings (SSSR count). The number of fused-ring (bicyclic) bond motifs is 2. The molecule has 4 aromatic rings. The van der Waals surface area contributed by atoms with Gasteiger partial charge in [0.15, 0.2) is 0 Å². The second-order valence-electron chi connectivity index (χ2n) is 9.04. The van der Waals surface area contributed by atoms with Crippen LogP contribution in [0.2, 0.25) is 0 Å². The Labute approximate surface area is 188 Å². The van der Waals surface area contributed by atoms with E-state index in [1.807, 2.05) is 24.3 Å². The van der Waals surface area contributed by atoms with Crippen molar-refractivity contribution in [2.45, 2.75) is 38.6 Å². The van der Waals surface area contributed by atoms with E-state index in [1.54, 1.807) is 7.11 Å². The van der Waals surface area contributed by atoms with Crippen LogP contribution in [-0.4, -0.2) is 22.7 Å². The highest BCUT2D eigenvalue weighted by Crippen LogP contribution is 2.34. The Morgan fingerprint density at radius 3 is 2.81 bits per heavy atom. The van der Waals surface area contributed by atoms with Crippen LogP contribution in [0.1, 0.15) is 36.0 Å². The van der Waals surface area contributed by atoms with Crippen molar-refractivity contribution in [3.05, 3.63) is 65.4 Å². The van der Waals surface area contributed by atoms with E-state index in [9.17, 15) is 5.26 Å². The summed E-state index contributed by atoms with van der Waals surface area (Å²) in [4.78, 5) is 4.86. The Hall–Kier alpha value is -3.52. The maximum atomic E-state index is 9.20. The molecule has 5 nitrogen and oxygen atoms in total. The number of anilines is 1. The highest BCUT2D eigenvalue weighted by atomic mass is 16.5. The molecular weight excluding hydrogens is 396 g/mol. The van der Waals surface area contributed by atoms with Crippen molar-refractivity contribution in [2.24, 2.45) is 13.0 Å². The van der Waals surface area contributed by atoms with Crippen molar-refractivity contribution in [3.8, 4) is 11.8 Å². The Bertz CT molecular complexity index is 1350. The van der Waals surface area contributed by atoms with Gasteiger partial charge in [-0.05, 0) is 80.0 Å². The first-order valence-corrected chi connectivity index (χ1v) is 11.2. The van der Waals surface area contributed by atoms with Crippen molar-refractivity contribution >= 4 is 27.6 Å². The van der Waals surface area contributed by atoms with Crippen LogP contribution in [0.15, 0.2) is 48.7 Å². The van der Waals surface area contributed by atoms with Crippen LogP contribution in [0.3, 0.4) is 0 Å². The van der Waals surface area contributed by atoms with Crippen LogP contribution in [0.4, 0.5) is 5.82 Å². The summed E-state index contributed by atoms with van der Waals surface area (Å²) in [7, 11) is 3.75. The molecule has 2 heterocycles. The average molecular weight is 425 g/mol. The zero-order valence-corrected chi connectivity index (χ0v) is 18.9. The van der Waals surface area contributed by atoms with Crippen molar-refractivity contribution in [2.75, 3.05) is 12.4 Å². The lowest BCUT2D eigenvalue weighted by atomic mass is 9.97. The standard InChI is InChI=1S/C27H28N4O/c1-17-10-27(30-25-14-22(32-3)7-9-23(17)25)29-21-6-4-18(12-21)11-20-16-31(2)26-13-19(15-28)5-8-24(20)26/h5,7-10,13-14,16,18,21H,4,6,11-12H2,1-3H3,(H,29,30)/t18-,21+/m1/s1. The second kappa shape index (κ2) is 8.20. The SMILES string of the molecule is COc1ccc2c(C)cc(N[C@H]3CC[C@H](Cc4cn(C)c5cc(C#N)ccc45)C3)nc2c1. The van der Waals surface area contributed by atoms with Gasteiger partial charge in [0.1, 0.15) is 11.6 Å². The number of rotatable bonds is 5. The fraction of sp³-hybridized carbons (Fsp3) is 0.333. The van der Waals surface area contributed by atoms with E-state index in [1.165, 1.54) is 22.9 Å². The topological polar surface area (TPSA) is 62.9 Å². The van der Waals surface area contributed by atoms with Crippen LogP contribution in [0.25, 0.3) is 21.8 Å². The number of nitrogens with one attached hydrogen (secondary N) is 1. The van der Waals surface area contributed by atoms with Crippen molar-refractivity contribution in [3.63, 3.8) is 0 Å². The maximum absolute atomic E-state index is 9.20. The number of hydrogen-bond acceptors (Lipinski definition) is 4. The summed E-state index contributed by atoms with van der Waals surface area (Å²) < 4.78 is 7.52. The second-order valence-corrected chi connectivity index (χ2v) is 9.04. The fourth-order valence-corrected chi connectivity index (χ4v) is 5.19. The van der Waals surface area contributed by atoms with Gasteiger partial charge in [0.2, 0.25) is 0 Å². The smallest absolute Gasteiger partial charge is 0.127 e. The molecule has 0 unspecified atom stereocenters. The van der Waals surface area contributed by atoms with Gasteiger partial charge >= 0.3 is 0 Å². The van der Waals surface area contributed by atoms with Gasteiger partial charge in [-0.3, -0.25) is 0 Å². The third-order valence-electron chi connectivity index (χ3n) is 6.83. The molecule has 1 aliphatic carbocycles. The molecule has 5 heteroatoms. The zero-order valence-electron chi connectivity index (χ0n) is 18.9.